The number of likely N-dealkylation sites (tertiary alicyclic amines) is 1. The van der Waals surface area contributed by atoms with Gasteiger partial charge in [-0.15, -0.1) is 0 Å². The number of hydrogen-bond donors (Lipinski definition) is 1. The van der Waals surface area contributed by atoms with Crippen molar-refractivity contribution in [3.8, 4) is 0 Å². The molecule has 1 fully saturated rings. The molecule has 104 valence electrons. The van der Waals surface area contributed by atoms with Gasteiger partial charge in [-0.25, -0.2) is 4.39 Å². The van der Waals surface area contributed by atoms with Crippen molar-refractivity contribution in [1.29, 1.82) is 0 Å². The van der Waals surface area contributed by atoms with Gasteiger partial charge in [-0.1, -0.05) is 11.6 Å². The predicted octanol–water partition coefficient (Wildman–Crippen LogP) is 3.16. The van der Waals surface area contributed by atoms with Gasteiger partial charge in [0.2, 0.25) is 0 Å². The maximum Gasteiger partial charge on any atom is 0.308 e. The number of halogens is 2. The summed E-state index contributed by atoms with van der Waals surface area (Å²) in [5, 5.41) is 9.54. The van der Waals surface area contributed by atoms with Crippen LogP contribution in [-0.2, 0) is 11.3 Å². The molecule has 1 N–H and O–H groups in total. The molecular formula is C14H17ClFNO2. The van der Waals surface area contributed by atoms with Crippen molar-refractivity contribution in [3.05, 3.63) is 34.6 Å². The first-order chi connectivity index (χ1) is 8.97. The van der Waals surface area contributed by atoms with Crippen molar-refractivity contribution in [2.75, 3.05) is 6.54 Å². The van der Waals surface area contributed by atoms with Gasteiger partial charge in [0, 0.05) is 17.6 Å². The Hall–Kier alpha value is -1.13. The van der Waals surface area contributed by atoms with E-state index in [9.17, 15) is 14.3 Å². The van der Waals surface area contributed by atoms with Gasteiger partial charge < -0.3 is 5.11 Å². The summed E-state index contributed by atoms with van der Waals surface area (Å²) in [7, 11) is 0. The largest absolute Gasteiger partial charge is 0.481 e. The molecule has 1 aliphatic heterocycles. The van der Waals surface area contributed by atoms with Gasteiger partial charge in [0.05, 0.1) is 5.92 Å². The topological polar surface area (TPSA) is 40.5 Å². The van der Waals surface area contributed by atoms with Gasteiger partial charge in [0.25, 0.3) is 0 Å². The minimum atomic E-state index is -0.755. The van der Waals surface area contributed by atoms with Crippen LogP contribution in [-0.4, -0.2) is 28.6 Å². The standard InChI is InChI=1S/C14H17ClFNO2/c1-9-13(14(18)19)3-2-4-17(9)8-10-5-11(15)7-12(16)6-10/h5-7,9,13H,2-4,8H2,1H3,(H,18,19)/t9-,13-/m1/s1. The summed E-state index contributed by atoms with van der Waals surface area (Å²) in [6.45, 7) is 3.28. The quantitative estimate of drug-likeness (QED) is 0.927. The fourth-order valence-corrected chi connectivity index (χ4v) is 2.95. The first-order valence-corrected chi connectivity index (χ1v) is 6.77. The summed E-state index contributed by atoms with van der Waals surface area (Å²) >= 11 is 5.83. The first-order valence-electron chi connectivity index (χ1n) is 6.39. The Morgan fingerprint density at radius 1 is 1.53 bits per heavy atom. The molecule has 1 saturated heterocycles. The van der Waals surface area contributed by atoms with Crippen molar-refractivity contribution in [3.63, 3.8) is 0 Å². The lowest BCUT2D eigenvalue weighted by Gasteiger charge is -2.37. The summed E-state index contributed by atoms with van der Waals surface area (Å²) in [4.78, 5) is 13.2. The number of carboxylic acids is 1. The Bertz CT molecular complexity index is 460. The van der Waals surface area contributed by atoms with Crippen LogP contribution in [0.1, 0.15) is 25.3 Å². The molecule has 1 aromatic rings. The molecule has 2 atom stereocenters. The Labute approximate surface area is 117 Å². The van der Waals surface area contributed by atoms with E-state index in [2.05, 4.69) is 4.90 Å². The van der Waals surface area contributed by atoms with Gasteiger partial charge in [0.15, 0.2) is 0 Å². The van der Waals surface area contributed by atoms with E-state index in [-0.39, 0.29) is 17.8 Å². The maximum absolute atomic E-state index is 13.3. The molecule has 2 rings (SSSR count). The third-order valence-electron chi connectivity index (χ3n) is 3.74. The van der Waals surface area contributed by atoms with E-state index in [0.717, 1.165) is 18.5 Å². The number of benzene rings is 1. The maximum atomic E-state index is 13.3. The van der Waals surface area contributed by atoms with Crippen LogP contribution in [0, 0.1) is 11.7 Å². The summed E-state index contributed by atoms with van der Waals surface area (Å²) in [5.74, 6) is -1.46. The van der Waals surface area contributed by atoms with E-state index in [4.69, 9.17) is 11.6 Å². The van der Waals surface area contributed by atoms with Crippen LogP contribution in [0.4, 0.5) is 4.39 Å². The molecule has 0 spiro atoms. The highest BCUT2D eigenvalue weighted by Gasteiger charge is 2.32. The zero-order valence-corrected chi connectivity index (χ0v) is 11.5. The van der Waals surface area contributed by atoms with Crippen molar-refractivity contribution in [2.45, 2.75) is 32.4 Å². The van der Waals surface area contributed by atoms with Crippen LogP contribution in [0.25, 0.3) is 0 Å². The average Bonchev–Trinajstić information content (AvgIpc) is 2.30. The summed E-state index contributed by atoms with van der Waals surface area (Å²) in [6, 6.07) is 4.39. The fourth-order valence-electron chi connectivity index (χ4n) is 2.70. The number of carboxylic acid groups (broad SMARTS) is 1. The third kappa shape index (κ3) is 3.45. The average molecular weight is 286 g/mol. The van der Waals surface area contributed by atoms with Gasteiger partial charge in [0.1, 0.15) is 5.82 Å². The molecule has 0 aliphatic carbocycles. The van der Waals surface area contributed by atoms with E-state index in [1.54, 1.807) is 6.07 Å². The van der Waals surface area contributed by atoms with Crippen LogP contribution in [0.5, 0.6) is 0 Å². The molecule has 0 bridgehead atoms. The molecule has 5 heteroatoms. The number of piperidine rings is 1. The zero-order valence-electron chi connectivity index (χ0n) is 10.8. The smallest absolute Gasteiger partial charge is 0.308 e. The molecule has 1 aliphatic rings. The Morgan fingerprint density at radius 2 is 2.26 bits per heavy atom. The zero-order chi connectivity index (χ0) is 14.0. The summed E-state index contributed by atoms with van der Waals surface area (Å²) < 4.78 is 13.3. The highest BCUT2D eigenvalue weighted by atomic mass is 35.5. The van der Waals surface area contributed by atoms with E-state index in [1.165, 1.54) is 12.1 Å². The summed E-state index contributed by atoms with van der Waals surface area (Å²) in [5.41, 5.74) is 0.780. The molecule has 0 saturated carbocycles. The van der Waals surface area contributed by atoms with Crippen LogP contribution >= 0.6 is 11.6 Å². The second-order valence-electron chi connectivity index (χ2n) is 5.08. The molecular weight excluding hydrogens is 269 g/mol. The van der Waals surface area contributed by atoms with Crippen molar-refractivity contribution < 1.29 is 14.3 Å². The van der Waals surface area contributed by atoms with Crippen molar-refractivity contribution in [1.82, 2.24) is 4.90 Å². The van der Waals surface area contributed by atoms with Crippen LogP contribution < -0.4 is 0 Å². The second-order valence-corrected chi connectivity index (χ2v) is 5.51. The van der Waals surface area contributed by atoms with Gasteiger partial charge in [-0.05, 0) is 50.1 Å². The predicted molar refractivity (Wildman–Crippen MR) is 71.6 cm³/mol. The van der Waals surface area contributed by atoms with E-state index in [0.29, 0.717) is 18.0 Å². The highest BCUT2D eigenvalue weighted by Crippen LogP contribution is 2.26. The molecule has 19 heavy (non-hydrogen) atoms. The Morgan fingerprint density at radius 3 is 2.89 bits per heavy atom. The second kappa shape index (κ2) is 5.88. The first kappa shape index (κ1) is 14.3. The fraction of sp³-hybridized carbons (Fsp3) is 0.500. The molecule has 0 radical (unpaired) electrons. The SMILES string of the molecule is C[C@@H]1[C@H](C(=O)O)CCCN1Cc1cc(F)cc(Cl)c1. The van der Waals surface area contributed by atoms with Gasteiger partial charge in [-0.2, -0.15) is 0 Å². The summed E-state index contributed by atoms with van der Waals surface area (Å²) in [6.07, 6.45) is 1.56. The van der Waals surface area contributed by atoms with Crippen LogP contribution in [0.3, 0.4) is 0 Å². The minimum Gasteiger partial charge on any atom is -0.481 e. The van der Waals surface area contributed by atoms with E-state index >= 15 is 0 Å². The number of nitrogens with zero attached hydrogens (tertiary/aromatic N) is 1. The monoisotopic (exact) mass is 285 g/mol. The molecule has 3 nitrogen and oxygen atoms in total. The normalized spacial score (nSPS) is 24.4. The minimum absolute atomic E-state index is 0.0479. The molecule has 0 amide bonds. The number of carbonyl (C=O) groups is 1. The van der Waals surface area contributed by atoms with Crippen LogP contribution in [0.2, 0.25) is 5.02 Å². The number of aliphatic carboxylic acids is 1. The van der Waals surface area contributed by atoms with Crippen LogP contribution in [0.15, 0.2) is 18.2 Å². The van der Waals surface area contributed by atoms with Crippen molar-refractivity contribution >= 4 is 17.6 Å². The lowest BCUT2D eigenvalue weighted by atomic mass is 9.90. The molecule has 0 aromatic heterocycles. The number of hydrogen-bond acceptors (Lipinski definition) is 2. The van der Waals surface area contributed by atoms with E-state index in [1.807, 2.05) is 6.92 Å². The van der Waals surface area contributed by atoms with E-state index < -0.39 is 5.97 Å². The van der Waals surface area contributed by atoms with Gasteiger partial charge in [-0.3, -0.25) is 9.69 Å². The van der Waals surface area contributed by atoms with Crippen molar-refractivity contribution in [2.24, 2.45) is 5.92 Å². The molecule has 0 unspecified atom stereocenters. The van der Waals surface area contributed by atoms with Gasteiger partial charge >= 0.3 is 5.97 Å². The Balaban J connectivity index is 2.11. The lowest BCUT2D eigenvalue weighted by molar-refractivity contribution is -0.145. The molecule has 1 heterocycles. The highest BCUT2D eigenvalue weighted by molar-refractivity contribution is 6.30. The number of rotatable bonds is 3. The third-order valence-corrected chi connectivity index (χ3v) is 3.96. The Kier molecular flexibility index (Phi) is 4.42. The lowest BCUT2D eigenvalue weighted by Crippen LogP contribution is -2.45. The molecule has 1 aromatic carbocycles.